The van der Waals surface area contributed by atoms with Gasteiger partial charge in [-0.1, -0.05) is 6.42 Å². The van der Waals surface area contributed by atoms with Gasteiger partial charge >= 0.3 is 0 Å². The minimum atomic E-state index is 0.0298. The van der Waals surface area contributed by atoms with Crippen molar-refractivity contribution >= 4 is 27.5 Å². The maximum atomic E-state index is 12.0. The van der Waals surface area contributed by atoms with E-state index in [1.807, 2.05) is 18.2 Å². The number of hydrogen-bond donors (Lipinski definition) is 2. The minimum absolute atomic E-state index is 0.0298. The number of carbonyl (C=O) groups is 1. The normalized spacial score (nSPS) is 16.6. The van der Waals surface area contributed by atoms with E-state index in [1.54, 1.807) is 7.11 Å². The van der Waals surface area contributed by atoms with E-state index in [-0.39, 0.29) is 11.3 Å². The third-order valence-corrected chi connectivity index (χ3v) is 4.44. The van der Waals surface area contributed by atoms with Gasteiger partial charge in [0, 0.05) is 12.1 Å². The summed E-state index contributed by atoms with van der Waals surface area (Å²) >= 11 is 3.40. The Labute approximate surface area is 121 Å². The van der Waals surface area contributed by atoms with Crippen molar-refractivity contribution in [2.75, 3.05) is 19.0 Å². The van der Waals surface area contributed by atoms with Crippen molar-refractivity contribution in [2.45, 2.75) is 25.7 Å². The van der Waals surface area contributed by atoms with E-state index in [4.69, 9.17) is 10.5 Å². The molecule has 1 aromatic rings. The lowest BCUT2D eigenvalue weighted by atomic mass is 9.66. The molecule has 1 fully saturated rings. The molecule has 0 aliphatic heterocycles. The van der Waals surface area contributed by atoms with Crippen LogP contribution in [0.5, 0.6) is 5.75 Å². The number of carbonyl (C=O) groups excluding carboxylic acids is 1. The Morgan fingerprint density at radius 1 is 1.53 bits per heavy atom. The number of hydrogen-bond acceptors (Lipinski definition) is 3. The number of amides is 1. The molecular formula is C14H19BrN2O2. The lowest BCUT2D eigenvalue weighted by Crippen LogP contribution is -2.40. The van der Waals surface area contributed by atoms with Gasteiger partial charge in [-0.3, -0.25) is 4.79 Å². The molecule has 0 unspecified atom stereocenters. The molecule has 19 heavy (non-hydrogen) atoms. The number of rotatable bonds is 5. The summed E-state index contributed by atoms with van der Waals surface area (Å²) in [6, 6.07) is 5.49. The van der Waals surface area contributed by atoms with Crippen LogP contribution in [0.1, 0.15) is 25.7 Å². The fourth-order valence-corrected chi connectivity index (χ4v) is 2.96. The SMILES string of the molecule is COc1ccc(NC(=O)CC2(CN)CCC2)cc1Br. The number of nitrogens with two attached hydrogens (primary N) is 1. The molecule has 104 valence electrons. The first kappa shape index (κ1) is 14.3. The highest BCUT2D eigenvalue weighted by molar-refractivity contribution is 9.10. The van der Waals surface area contributed by atoms with Crippen LogP contribution in [-0.4, -0.2) is 19.6 Å². The summed E-state index contributed by atoms with van der Waals surface area (Å²) in [5, 5.41) is 2.91. The number of anilines is 1. The third-order valence-electron chi connectivity index (χ3n) is 3.82. The van der Waals surface area contributed by atoms with Crippen LogP contribution >= 0.6 is 15.9 Å². The van der Waals surface area contributed by atoms with Crippen molar-refractivity contribution in [3.8, 4) is 5.75 Å². The predicted molar refractivity (Wildman–Crippen MR) is 79.3 cm³/mol. The molecule has 1 saturated carbocycles. The van der Waals surface area contributed by atoms with Gasteiger partial charge in [-0.05, 0) is 58.9 Å². The summed E-state index contributed by atoms with van der Waals surface area (Å²) in [5.74, 6) is 0.776. The lowest BCUT2D eigenvalue weighted by Gasteiger charge is -2.40. The highest BCUT2D eigenvalue weighted by atomic mass is 79.9. The molecule has 1 aliphatic carbocycles. The second-order valence-electron chi connectivity index (χ2n) is 5.13. The average molecular weight is 327 g/mol. The fourth-order valence-electron chi connectivity index (χ4n) is 2.42. The maximum Gasteiger partial charge on any atom is 0.224 e. The van der Waals surface area contributed by atoms with Gasteiger partial charge in [0.1, 0.15) is 5.75 Å². The van der Waals surface area contributed by atoms with E-state index in [0.717, 1.165) is 28.8 Å². The first-order valence-electron chi connectivity index (χ1n) is 6.42. The zero-order valence-electron chi connectivity index (χ0n) is 11.0. The Morgan fingerprint density at radius 3 is 2.74 bits per heavy atom. The molecule has 0 aromatic heterocycles. The molecule has 0 heterocycles. The topological polar surface area (TPSA) is 64.3 Å². The van der Waals surface area contributed by atoms with Crippen LogP contribution in [0.2, 0.25) is 0 Å². The van der Waals surface area contributed by atoms with Gasteiger partial charge in [0.25, 0.3) is 0 Å². The van der Waals surface area contributed by atoms with E-state index in [0.29, 0.717) is 13.0 Å². The summed E-state index contributed by atoms with van der Waals surface area (Å²) in [5.41, 5.74) is 6.57. The molecule has 3 N–H and O–H groups in total. The molecule has 5 heteroatoms. The van der Waals surface area contributed by atoms with Crippen molar-refractivity contribution in [1.29, 1.82) is 0 Å². The summed E-state index contributed by atoms with van der Waals surface area (Å²) in [6.07, 6.45) is 3.80. The maximum absolute atomic E-state index is 12.0. The molecule has 1 amide bonds. The highest BCUT2D eigenvalue weighted by Gasteiger charge is 2.37. The molecular weight excluding hydrogens is 308 g/mol. The standard InChI is InChI=1S/C14H19BrN2O2/c1-19-12-4-3-10(7-11(12)15)17-13(18)8-14(9-16)5-2-6-14/h3-4,7H,2,5-6,8-9,16H2,1H3,(H,17,18). The lowest BCUT2D eigenvalue weighted by molar-refractivity contribution is -0.119. The van der Waals surface area contributed by atoms with Gasteiger partial charge in [-0.25, -0.2) is 0 Å². The quantitative estimate of drug-likeness (QED) is 0.874. The van der Waals surface area contributed by atoms with E-state index in [9.17, 15) is 4.79 Å². The van der Waals surface area contributed by atoms with Gasteiger partial charge in [0.05, 0.1) is 11.6 Å². The third kappa shape index (κ3) is 3.28. The van der Waals surface area contributed by atoms with Crippen molar-refractivity contribution < 1.29 is 9.53 Å². The molecule has 4 nitrogen and oxygen atoms in total. The molecule has 0 radical (unpaired) electrons. The Morgan fingerprint density at radius 2 is 2.26 bits per heavy atom. The fraction of sp³-hybridized carbons (Fsp3) is 0.500. The van der Waals surface area contributed by atoms with Crippen molar-refractivity contribution in [3.63, 3.8) is 0 Å². The Kier molecular flexibility index (Phi) is 4.47. The molecule has 0 spiro atoms. The summed E-state index contributed by atoms with van der Waals surface area (Å²) < 4.78 is 5.98. The van der Waals surface area contributed by atoms with Crippen LogP contribution in [0.15, 0.2) is 22.7 Å². The molecule has 0 saturated heterocycles. The molecule has 2 rings (SSSR count). The predicted octanol–water partition coefficient (Wildman–Crippen LogP) is 2.92. The zero-order valence-corrected chi connectivity index (χ0v) is 12.6. The molecule has 0 bridgehead atoms. The number of nitrogens with one attached hydrogen (secondary N) is 1. The number of benzene rings is 1. The molecule has 1 aliphatic rings. The second-order valence-corrected chi connectivity index (χ2v) is 5.99. The van der Waals surface area contributed by atoms with Crippen LogP contribution < -0.4 is 15.8 Å². The minimum Gasteiger partial charge on any atom is -0.496 e. The van der Waals surface area contributed by atoms with Crippen LogP contribution in [0.25, 0.3) is 0 Å². The monoisotopic (exact) mass is 326 g/mol. The zero-order chi connectivity index (χ0) is 13.9. The van der Waals surface area contributed by atoms with Crippen LogP contribution in [0, 0.1) is 5.41 Å². The van der Waals surface area contributed by atoms with Crippen LogP contribution in [0.3, 0.4) is 0 Å². The van der Waals surface area contributed by atoms with Crippen LogP contribution in [-0.2, 0) is 4.79 Å². The van der Waals surface area contributed by atoms with E-state index < -0.39 is 0 Å². The van der Waals surface area contributed by atoms with Gasteiger partial charge in [-0.15, -0.1) is 0 Å². The van der Waals surface area contributed by atoms with E-state index in [1.165, 1.54) is 6.42 Å². The van der Waals surface area contributed by atoms with Gasteiger partial charge in [0.15, 0.2) is 0 Å². The summed E-state index contributed by atoms with van der Waals surface area (Å²) in [6.45, 7) is 0.590. The highest BCUT2D eigenvalue weighted by Crippen LogP contribution is 2.43. The number of ether oxygens (including phenoxy) is 1. The summed E-state index contributed by atoms with van der Waals surface area (Å²) in [7, 11) is 1.61. The largest absolute Gasteiger partial charge is 0.496 e. The molecule has 0 atom stereocenters. The molecule has 1 aromatic carbocycles. The van der Waals surface area contributed by atoms with E-state index in [2.05, 4.69) is 21.2 Å². The first-order chi connectivity index (χ1) is 9.08. The Balaban J connectivity index is 1.97. The van der Waals surface area contributed by atoms with Crippen LogP contribution in [0.4, 0.5) is 5.69 Å². The first-order valence-corrected chi connectivity index (χ1v) is 7.21. The second kappa shape index (κ2) is 5.92. The number of halogens is 1. The Bertz CT molecular complexity index is 467. The average Bonchev–Trinajstić information content (AvgIpc) is 2.34. The Hall–Kier alpha value is -1.07. The van der Waals surface area contributed by atoms with Crippen molar-refractivity contribution in [3.05, 3.63) is 22.7 Å². The van der Waals surface area contributed by atoms with Gasteiger partial charge < -0.3 is 15.8 Å². The smallest absolute Gasteiger partial charge is 0.224 e. The van der Waals surface area contributed by atoms with Crippen molar-refractivity contribution in [1.82, 2.24) is 0 Å². The van der Waals surface area contributed by atoms with Gasteiger partial charge in [0.2, 0.25) is 5.91 Å². The summed E-state index contributed by atoms with van der Waals surface area (Å²) in [4.78, 5) is 12.0. The van der Waals surface area contributed by atoms with E-state index >= 15 is 0 Å². The van der Waals surface area contributed by atoms with Crippen molar-refractivity contribution in [2.24, 2.45) is 11.1 Å². The van der Waals surface area contributed by atoms with Gasteiger partial charge in [-0.2, -0.15) is 0 Å². The number of methoxy groups -OCH3 is 1.